The molecule has 39 heavy (non-hydrogen) atoms. The Labute approximate surface area is 227 Å². The number of nitrogens with one attached hydrogen (secondary N) is 2. The molecule has 0 spiro atoms. The number of aromatic nitrogens is 2. The van der Waals surface area contributed by atoms with Gasteiger partial charge in [-0.2, -0.15) is 0 Å². The highest BCUT2D eigenvalue weighted by Crippen LogP contribution is 2.39. The molecule has 9 nitrogen and oxygen atoms in total. The summed E-state index contributed by atoms with van der Waals surface area (Å²) in [6.45, 7) is 6.88. The van der Waals surface area contributed by atoms with E-state index in [4.69, 9.17) is 4.74 Å². The van der Waals surface area contributed by atoms with Crippen LogP contribution in [0.25, 0.3) is 11.3 Å². The van der Waals surface area contributed by atoms with Gasteiger partial charge in [0.2, 0.25) is 16.0 Å². The Morgan fingerprint density at radius 1 is 1.10 bits per heavy atom. The van der Waals surface area contributed by atoms with Gasteiger partial charge in [0.1, 0.15) is 12.3 Å². The van der Waals surface area contributed by atoms with Crippen molar-refractivity contribution in [1.82, 2.24) is 19.6 Å². The zero-order chi connectivity index (χ0) is 27.7. The monoisotopic (exact) mass is 558 g/mol. The van der Waals surface area contributed by atoms with E-state index in [2.05, 4.69) is 24.9 Å². The molecule has 0 aliphatic carbocycles. The van der Waals surface area contributed by atoms with Gasteiger partial charge in [-0.1, -0.05) is 6.07 Å². The van der Waals surface area contributed by atoms with Crippen molar-refractivity contribution in [3.63, 3.8) is 0 Å². The highest BCUT2D eigenvalue weighted by molar-refractivity contribution is 7.89. The van der Waals surface area contributed by atoms with E-state index in [0.29, 0.717) is 37.5 Å². The quantitative estimate of drug-likeness (QED) is 0.432. The van der Waals surface area contributed by atoms with Crippen LogP contribution in [-0.4, -0.2) is 68.4 Å². The summed E-state index contributed by atoms with van der Waals surface area (Å²) in [6, 6.07) is 8.94. The van der Waals surface area contributed by atoms with E-state index in [1.807, 2.05) is 36.9 Å². The lowest BCUT2D eigenvalue weighted by Gasteiger charge is -2.34. The molecule has 0 atom stereocenters. The maximum Gasteiger partial charge on any atom is 0.227 e. The molecule has 0 fully saturated rings. The van der Waals surface area contributed by atoms with Crippen molar-refractivity contribution in [1.29, 1.82) is 0 Å². The van der Waals surface area contributed by atoms with Gasteiger partial charge in [-0.05, 0) is 62.7 Å². The van der Waals surface area contributed by atoms with Gasteiger partial charge in [-0.3, -0.25) is 4.90 Å². The average molecular weight is 559 g/mol. The number of benzene rings is 2. The van der Waals surface area contributed by atoms with E-state index in [1.54, 1.807) is 6.07 Å². The topological polar surface area (TPSA) is 99.7 Å². The van der Waals surface area contributed by atoms with Crippen LogP contribution in [0.15, 0.2) is 36.5 Å². The third-order valence-electron chi connectivity index (χ3n) is 7.09. The highest BCUT2D eigenvalue weighted by atomic mass is 32.2. The van der Waals surface area contributed by atoms with Crippen LogP contribution in [0.4, 0.5) is 26.1 Å². The summed E-state index contributed by atoms with van der Waals surface area (Å²) >= 11 is 0. The first-order chi connectivity index (χ1) is 18.6. The standard InChI is InChI=1S/C27H32F2N6O3S/c1-17(2)35-8-10-38-26-22(28)13-20(14-24(26)35)25-23(29)15-31-27(33-25)32-21-5-4-19-16-34(7-6-18(19)12-21)9-11-39(36,37)30-3/h4-5,12-15,17,30H,6-11,16H2,1-3H3,(H,31,32,33). The predicted molar refractivity (Wildman–Crippen MR) is 147 cm³/mol. The van der Waals surface area contributed by atoms with Gasteiger partial charge in [0.25, 0.3) is 0 Å². The summed E-state index contributed by atoms with van der Waals surface area (Å²) in [7, 11) is -1.83. The first-order valence-corrected chi connectivity index (χ1v) is 14.6. The van der Waals surface area contributed by atoms with Crippen LogP contribution < -0.4 is 19.7 Å². The van der Waals surface area contributed by atoms with E-state index in [-0.39, 0.29) is 29.2 Å². The van der Waals surface area contributed by atoms with Crippen LogP contribution in [0.5, 0.6) is 5.75 Å². The lowest BCUT2D eigenvalue weighted by molar-refractivity contribution is 0.269. The molecule has 12 heteroatoms. The Hall–Kier alpha value is -3.35. The molecule has 1 aromatic heterocycles. The molecule has 208 valence electrons. The zero-order valence-corrected chi connectivity index (χ0v) is 23.0. The molecule has 5 rings (SSSR count). The summed E-state index contributed by atoms with van der Waals surface area (Å²) in [5.74, 6) is -0.801. The van der Waals surface area contributed by atoms with Crippen molar-refractivity contribution >= 4 is 27.3 Å². The molecule has 3 heterocycles. The van der Waals surface area contributed by atoms with Crippen LogP contribution in [0.2, 0.25) is 0 Å². The third kappa shape index (κ3) is 5.97. The molecule has 2 aromatic carbocycles. The number of ether oxygens (including phenoxy) is 1. The van der Waals surface area contributed by atoms with Crippen molar-refractivity contribution in [2.24, 2.45) is 0 Å². The first kappa shape index (κ1) is 27.2. The van der Waals surface area contributed by atoms with Crippen LogP contribution in [-0.2, 0) is 23.0 Å². The molecular weight excluding hydrogens is 526 g/mol. The van der Waals surface area contributed by atoms with Crippen molar-refractivity contribution in [3.8, 4) is 17.0 Å². The number of nitrogens with zero attached hydrogens (tertiary/aromatic N) is 4. The van der Waals surface area contributed by atoms with Crippen molar-refractivity contribution in [2.45, 2.75) is 32.9 Å². The summed E-state index contributed by atoms with van der Waals surface area (Å²) in [5, 5.41) is 3.14. The van der Waals surface area contributed by atoms with Crippen molar-refractivity contribution < 1.29 is 21.9 Å². The maximum atomic E-state index is 15.0. The van der Waals surface area contributed by atoms with E-state index in [9.17, 15) is 17.2 Å². The number of hydrogen-bond acceptors (Lipinski definition) is 8. The minimum Gasteiger partial charge on any atom is -0.486 e. The molecule has 2 aliphatic rings. The van der Waals surface area contributed by atoms with Gasteiger partial charge in [0.05, 0.1) is 24.2 Å². The van der Waals surface area contributed by atoms with E-state index >= 15 is 0 Å². The molecule has 0 amide bonds. The van der Waals surface area contributed by atoms with Gasteiger partial charge in [-0.15, -0.1) is 0 Å². The zero-order valence-electron chi connectivity index (χ0n) is 22.2. The van der Waals surface area contributed by atoms with Gasteiger partial charge < -0.3 is 15.0 Å². The number of rotatable bonds is 8. The highest BCUT2D eigenvalue weighted by Gasteiger charge is 2.26. The molecule has 3 aromatic rings. The minimum atomic E-state index is -3.25. The third-order valence-corrected chi connectivity index (χ3v) is 8.44. The molecule has 2 aliphatic heterocycles. The van der Waals surface area contributed by atoms with Crippen LogP contribution >= 0.6 is 0 Å². The minimum absolute atomic E-state index is 0.00592. The fraction of sp³-hybridized carbons (Fsp3) is 0.407. The summed E-state index contributed by atoms with van der Waals surface area (Å²) < 4.78 is 61.3. The summed E-state index contributed by atoms with van der Waals surface area (Å²) in [6.07, 6.45) is 1.84. The normalized spacial score (nSPS) is 15.6. The Bertz CT molecular complexity index is 1480. The van der Waals surface area contributed by atoms with E-state index < -0.39 is 21.7 Å². The van der Waals surface area contributed by atoms with Gasteiger partial charge in [0, 0.05) is 36.9 Å². The van der Waals surface area contributed by atoms with E-state index in [0.717, 1.165) is 36.0 Å². The predicted octanol–water partition coefficient (Wildman–Crippen LogP) is 3.68. The number of fused-ring (bicyclic) bond motifs is 2. The van der Waals surface area contributed by atoms with E-state index in [1.165, 1.54) is 13.1 Å². The van der Waals surface area contributed by atoms with Crippen LogP contribution in [0.1, 0.15) is 25.0 Å². The van der Waals surface area contributed by atoms with Crippen molar-refractivity contribution in [3.05, 3.63) is 59.3 Å². The molecule has 2 N–H and O–H groups in total. The number of sulfonamides is 1. The first-order valence-electron chi connectivity index (χ1n) is 12.9. The molecular formula is C27H32F2N6O3S. The number of hydrogen-bond donors (Lipinski definition) is 2. The fourth-order valence-electron chi connectivity index (χ4n) is 4.97. The number of halogens is 2. The Balaban J connectivity index is 1.35. The second-order valence-electron chi connectivity index (χ2n) is 9.99. The molecule has 0 saturated heterocycles. The molecule has 0 unspecified atom stereocenters. The van der Waals surface area contributed by atoms with Crippen molar-refractivity contribution in [2.75, 3.05) is 49.3 Å². The SMILES string of the molecule is CNS(=O)(=O)CCN1CCc2cc(Nc3ncc(F)c(-c4cc(F)c5c(c4)N(C(C)C)CCO5)n3)ccc2C1. The van der Waals surface area contributed by atoms with Crippen LogP contribution in [0.3, 0.4) is 0 Å². The number of anilines is 3. The Morgan fingerprint density at radius 3 is 2.69 bits per heavy atom. The lowest BCUT2D eigenvalue weighted by Crippen LogP contribution is -2.38. The summed E-state index contributed by atoms with van der Waals surface area (Å²) in [4.78, 5) is 12.6. The van der Waals surface area contributed by atoms with Crippen LogP contribution in [0, 0.1) is 11.6 Å². The van der Waals surface area contributed by atoms with Gasteiger partial charge >= 0.3 is 0 Å². The smallest absolute Gasteiger partial charge is 0.227 e. The summed E-state index contributed by atoms with van der Waals surface area (Å²) in [5.41, 5.74) is 3.88. The Morgan fingerprint density at radius 2 is 1.92 bits per heavy atom. The largest absolute Gasteiger partial charge is 0.486 e. The Kier molecular flexibility index (Phi) is 7.70. The molecule has 0 bridgehead atoms. The lowest BCUT2D eigenvalue weighted by atomic mass is 9.99. The second-order valence-corrected chi connectivity index (χ2v) is 12.0. The van der Waals surface area contributed by atoms with Gasteiger partial charge in [0.15, 0.2) is 17.4 Å². The molecule has 0 saturated carbocycles. The van der Waals surface area contributed by atoms with Gasteiger partial charge in [-0.25, -0.2) is 31.9 Å². The molecule has 0 radical (unpaired) electrons. The second kappa shape index (κ2) is 11.0. The maximum absolute atomic E-state index is 15.0. The fourth-order valence-corrected chi connectivity index (χ4v) is 5.67. The average Bonchev–Trinajstić information content (AvgIpc) is 2.92.